The van der Waals surface area contributed by atoms with E-state index in [2.05, 4.69) is 0 Å². The number of carbonyl (C=O) groups is 1. The van der Waals surface area contributed by atoms with Gasteiger partial charge in [-0.3, -0.25) is 0 Å². The van der Waals surface area contributed by atoms with Gasteiger partial charge in [-0.2, -0.15) is 0 Å². The number of rotatable bonds is 3. The number of fused-ring (bicyclic) bond motifs is 3. The smallest absolute Gasteiger partial charge is 0.333 e. The van der Waals surface area contributed by atoms with Crippen LogP contribution in [-0.4, -0.2) is 17.6 Å². The molecule has 3 nitrogen and oxygen atoms in total. The predicted octanol–water partition coefficient (Wildman–Crippen LogP) is 4.70. The van der Waals surface area contributed by atoms with E-state index in [0.29, 0.717) is 5.52 Å². The monoisotopic (exact) mass is 333 g/mol. The molecule has 0 saturated heterocycles. The first-order valence-electron chi connectivity index (χ1n) is 8.02. The average molecular weight is 333 g/mol. The van der Waals surface area contributed by atoms with Crippen molar-refractivity contribution in [2.75, 3.05) is 7.11 Å². The zero-order chi connectivity index (χ0) is 17.4. The molecule has 0 aliphatic rings. The lowest BCUT2D eigenvalue weighted by Gasteiger charge is -2.19. The summed E-state index contributed by atoms with van der Waals surface area (Å²) in [6, 6.07) is 21.1. The highest BCUT2D eigenvalue weighted by atomic mass is 19.1. The molecule has 0 saturated carbocycles. The van der Waals surface area contributed by atoms with Gasteiger partial charge in [0.05, 0.1) is 18.1 Å². The SMILES string of the molecule is COC(=O)[C@@H](c1ccccc1)n1c2ccccc2c2cccc(F)c21. The third-order valence-corrected chi connectivity index (χ3v) is 4.48. The van der Waals surface area contributed by atoms with Crippen LogP contribution in [0.4, 0.5) is 4.39 Å². The maximum absolute atomic E-state index is 14.8. The Morgan fingerprint density at radius 2 is 1.60 bits per heavy atom. The van der Waals surface area contributed by atoms with Gasteiger partial charge in [0, 0.05) is 10.8 Å². The molecule has 1 aromatic heterocycles. The van der Waals surface area contributed by atoms with Crippen molar-refractivity contribution in [1.29, 1.82) is 0 Å². The predicted molar refractivity (Wildman–Crippen MR) is 96.0 cm³/mol. The van der Waals surface area contributed by atoms with Crippen molar-refractivity contribution in [3.63, 3.8) is 0 Å². The summed E-state index contributed by atoms with van der Waals surface area (Å²) in [6.45, 7) is 0. The number of hydrogen-bond donors (Lipinski definition) is 0. The summed E-state index contributed by atoms with van der Waals surface area (Å²) in [5.41, 5.74) is 1.95. The Morgan fingerprint density at radius 1 is 0.920 bits per heavy atom. The van der Waals surface area contributed by atoms with Crippen molar-refractivity contribution in [2.24, 2.45) is 0 Å². The molecule has 0 fully saturated rings. The lowest BCUT2D eigenvalue weighted by atomic mass is 10.1. The van der Waals surface area contributed by atoms with Crippen molar-refractivity contribution in [3.8, 4) is 0 Å². The standard InChI is InChI=1S/C21H16FNO2/c1-25-21(24)19(14-8-3-2-4-9-14)23-18-13-6-5-10-15(18)16-11-7-12-17(22)20(16)23/h2-13,19H,1H3/t19-/m1/s1. The molecular formula is C21H16FNO2. The summed E-state index contributed by atoms with van der Waals surface area (Å²) < 4.78 is 21.5. The van der Waals surface area contributed by atoms with Gasteiger partial charge in [0.15, 0.2) is 6.04 Å². The molecule has 3 aromatic carbocycles. The first kappa shape index (κ1) is 15.4. The zero-order valence-electron chi connectivity index (χ0n) is 13.6. The minimum Gasteiger partial charge on any atom is -0.467 e. The van der Waals surface area contributed by atoms with E-state index in [1.165, 1.54) is 13.2 Å². The highest BCUT2D eigenvalue weighted by molar-refractivity contribution is 6.09. The van der Waals surface area contributed by atoms with Crippen LogP contribution in [0.5, 0.6) is 0 Å². The Labute approximate surface area is 144 Å². The van der Waals surface area contributed by atoms with E-state index in [0.717, 1.165) is 21.9 Å². The number of carbonyl (C=O) groups excluding carboxylic acids is 1. The fourth-order valence-corrected chi connectivity index (χ4v) is 3.42. The van der Waals surface area contributed by atoms with Crippen molar-refractivity contribution >= 4 is 27.8 Å². The summed E-state index contributed by atoms with van der Waals surface area (Å²) in [4.78, 5) is 12.6. The van der Waals surface area contributed by atoms with Gasteiger partial charge in [0.25, 0.3) is 0 Å². The van der Waals surface area contributed by atoms with E-state index in [1.807, 2.05) is 60.7 Å². The van der Waals surface area contributed by atoms with Gasteiger partial charge in [-0.1, -0.05) is 60.7 Å². The summed E-state index contributed by atoms with van der Waals surface area (Å²) >= 11 is 0. The molecule has 1 heterocycles. The maximum Gasteiger partial charge on any atom is 0.333 e. The van der Waals surface area contributed by atoms with Crippen LogP contribution in [0.1, 0.15) is 11.6 Å². The van der Waals surface area contributed by atoms with E-state index < -0.39 is 12.0 Å². The molecule has 4 rings (SSSR count). The van der Waals surface area contributed by atoms with Crippen molar-refractivity contribution in [3.05, 3.63) is 84.2 Å². The number of benzene rings is 3. The first-order chi connectivity index (χ1) is 12.2. The fraction of sp³-hybridized carbons (Fsp3) is 0.0952. The number of halogens is 1. The largest absolute Gasteiger partial charge is 0.467 e. The van der Waals surface area contributed by atoms with Gasteiger partial charge in [-0.15, -0.1) is 0 Å². The van der Waals surface area contributed by atoms with Gasteiger partial charge in [-0.25, -0.2) is 9.18 Å². The van der Waals surface area contributed by atoms with Gasteiger partial charge in [0.1, 0.15) is 5.82 Å². The number of methoxy groups -OCH3 is 1. The van der Waals surface area contributed by atoms with Crippen LogP contribution in [0, 0.1) is 5.82 Å². The lowest BCUT2D eigenvalue weighted by Crippen LogP contribution is -2.22. The molecule has 0 aliphatic carbocycles. The van der Waals surface area contributed by atoms with Crippen LogP contribution in [-0.2, 0) is 9.53 Å². The minimum absolute atomic E-state index is 0.362. The molecule has 0 radical (unpaired) electrons. The molecule has 0 amide bonds. The van der Waals surface area contributed by atoms with Gasteiger partial charge in [-0.05, 0) is 17.7 Å². The molecule has 4 heteroatoms. The molecule has 4 aromatic rings. The van der Waals surface area contributed by atoms with Gasteiger partial charge in [0.2, 0.25) is 0 Å². The molecule has 0 aliphatic heterocycles. The lowest BCUT2D eigenvalue weighted by molar-refractivity contribution is -0.143. The molecule has 0 spiro atoms. The normalized spacial score (nSPS) is 12.4. The van der Waals surface area contributed by atoms with Crippen LogP contribution in [0.3, 0.4) is 0 Å². The Kier molecular flexibility index (Phi) is 3.73. The number of hydrogen-bond acceptors (Lipinski definition) is 2. The quantitative estimate of drug-likeness (QED) is 0.509. The Morgan fingerprint density at radius 3 is 2.36 bits per heavy atom. The second-order valence-electron chi connectivity index (χ2n) is 5.86. The third-order valence-electron chi connectivity index (χ3n) is 4.48. The van der Waals surface area contributed by atoms with E-state index >= 15 is 0 Å². The van der Waals surface area contributed by atoms with Gasteiger partial charge < -0.3 is 9.30 Å². The number of aromatic nitrogens is 1. The highest BCUT2D eigenvalue weighted by Crippen LogP contribution is 2.35. The van der Waals surface area contributed by atoms with Crippen LogP contribution in [0.2, 0.25) is 0 Å². The average Bonchev–Trinajstić information content (AvgIpc) is 2.99. The second-order valence-corrected chi connectivity index (χ2v) is 5.86. The Bertz CT molecular complexity index is 1070. The molecule has 0 N–H and O–H groups in total. The van der Waals surface area contributed by atoms with E-state index in [4.69, 9.17) is 4.74 Å². The number of esters is 1. The van der Waals surface area contributed by atoms with Crippen LogP contribution in [0.15, 0.2) is 72.8 Å². The molecule has 1 atom stereocenters. The van der Waals surface area contributed by atoms with Gasteiger partial charge >= 0.3 is 5.97 Å². The molecule has 0 bridgehead atoms. The fourth-order valence-electron chi connectivity index (χ4n) is 3.42. The molecule has 0 unspecified atom stereocenters. The van der Waals surface area contributed by atoms with Crippen LogP contribution in [0.25, 0.3) is 21.8 Å². The van der Waals surface area contributed by atoms with E-state index in [1.54, 1.807) is 10.6 Å². The van der Waals surface area contributed by atoms with E-state index in [-0.39, 0.29) is 5.82 Å². The van der Waals surface area contributed by atoms with Crippen molar-refractivity contribution in [1.82, 2.24) is 4.57 Å². The topological polar surface area (TPSA) is 31.2 Å². The number of ether oxygens (including phenoxy) is 1. The van der Waals surface area contributed by atoms with Crippen molar-refractivity contribution in [2.45, 2.75) is 6.04 Å². The Balaban J connectivity index is 2.14. The minimum atomic E-state index is -0.759. The summed E-state index contributed by atoms with van der Waals surface area (Å²) in [5.74, 6) is -0.796. The number of nitrogens with zero attached hydrogens (tertiary/aromatic N) is 1. The van der Waals surface area contributed by atoms with Crippen molar-refractivity contribution < 1.29 is 13.9 Å². The summed E-state index contributed by atoms with van der Waals surface area (Å²) in [6.07, 6.45) is 0. The highest BCUT2D eigenvalue weighted by Gasteiger charge is 2.28. The molecule has 25 heavy (non-hydrogen) atoms. The molecular weight excluding hydrogens is 317 g/mol. The zero-order valence-corrected chi connectivity index (χ0v) is 13.6. The second kappa shape index (κ2) is 6.06. The molecule has 124 valence electrons. The first-order valence-corrected chi connectivity index (χ1v) is 8.02. The van der Waals surface area contributed by atoms with Crippen LogP contribution >= 0.6 is 0 Å². The maximum atomic E-state index is 14.8. The Hall–Kier alpha value is -3.14. The summed E-state index contributed by atoms with van der Waals surface area (Å²) in [5, 5.41) is 1.68. The third kappa shape index (κ3) is 2.38. The summed E-state index contributed by atoms with van der Waals surface area (Å²) in [7, 11) is 1.35. The van der Waals surface area contributed by atoms with Crippen LogP contribution < -0.4 is 0 Å². The van der Waals surface area contributed by atoms with E-state index in [9.17, 15) is 9.18 Å². The number of para-hydroxylation sites is 2.